The van der Waals surface area contributed by atoms with E-state index < -0.39 is 0 Å². The first-order valence-electron chi connectivity index (χ1n) is 5.82. The molecule has 0 heteroatoms. The first kappa shape index (κ1) is 13.5. The molecule has 1 atom stereocenters. The molecule has 0 radical (unpaired) electrons. The third kappa shape index (κ3) is 5.26. The van der Waals surface area contributed by atoms with Gasteiger partial charge in [0.1, 0.15) is 0 Å². The Morgan fingerprint density at radius 1 is 1.14 bits per heavy atom. The van der Waals surface area contributed by atoms with Crippen molar-refractivity contribution in [2.75, 3.05) is 0 Å². The summed E-state index contributed by atoms with van der Waals surface area (Å²) >= 11 is 0. The lowest BCUT2D eigenvalue weighted by molar-refractivity contribution is 0.500. The van der Waals surface area contributed by atoms with Gasteiger partial charge in [-0.1, -0.05) is 51.5 Å². The molecule has 0 bridgehead atoms. The number of hydrogen-bond donors (Lipinski definition) is 0. The molecule has 14 heavy (non-hydrogen) atoms. The topological polar surface area (TPSA) is 0 Å². The molecule has 0 aromatic heterocycles. The molecule has 0 aliphatic heterocycles. The van der Waals surface area contributed by atoms with E-state index in [1.54, 1.807) is 0 Å². The fraction of sp³-hybridized carbons (Fsp3) is 0.714. The van der Waals surface area contributed by atoms with Gasteiger partial charge in [0.05, 0.1) is 0 Å². The lowest BCUT2D eigenvalue weighted by Gasteiger charge is -2.18. The van der Waals surface area contributed by atoms with E-state index in [4.69, 9.17) is 0 Å². The van der Waals surface area contributed by atoms with E-state index in [1.807, 2.05) is 0 Å². The Labute approximate surface area is 90.1 Å². The third-order valence-corrected chi connectivity index (χ3v) is 2.96. The summed E-state index contributed by atoms with van der Waals surface area (Å²) in [7, 11) is 0. The van der Waals surface area contributed by atoms with Crippen molar-refractivity contribution in [2.45, 2.75) is 53.4 Å². The second kappa shape index (κ2) is 6.86. The molecule has 0 aliphatic rings. The Kier molecular flexibility index (Phi) is 6.61. The molecular formula is C14H26. The highest BCUT2D eigenvalue weighted by atomic mass is 14.2. The maximum Gasteiger partial charge on any atom is -0.0206 e. The fourth-order valence-electron chi connectivity index (χ4n) is 1.63. The Morgan fingerprint density at radius 3 is 2.07 bits per heavy atom. The SMILES string of the molecule is C=C(CC[C@@H](CCC)C(=C)C)C(C)C. The van der Waals surface area contributed by atoms with Crippen LogP contribution >= 0.6 is 0 Å². The zero-order valence-electron chi connectivity index (χ0n) is 10.4. The van der Waals surface area contributed by atoms with E-state index in [9.17, 15) is 0 Å². The van der Waals surface area contributed by atoms with Crippen LogP contribution in [0.2, 0.25) is 0 Å². The van der Waals surface area contributed by atoms with E-state index in [-0.39, 0.29) is 0 Å². The summed E-state index contributed by atoms with van der Waals surface area (Å²) in [6.07, 6.45) is 4.93. The van der Waals surface area contributed by atoms with Crippen molar-refractivity contribution in [2.24, 2.45) is 11.8 Å². The van der Waals surface area contributed by atoms with Crippen LogP contribution < -0.4 is 0 Å². The van der Waals surface area contributed by atoms with Gasteiger partial charge in [-0.2, -0.15) is 0 Å². The Bertz CT molecular complexity index is 186. The quantitative estimate of drug-likeness (QED) is 0.502. The molecule has 0 aromatic rings. The van der Waals surface area contributed by atoms with Crippen molar-refractivity contribution >= 4 is 0 Å². The molecule has 0 nitrogen and oxygen atoms in total. The van der Waals surface area contributed by atoms with Gasteiger partial charge < -0.3 is 0 Å². The minimum atomic E-state index is 0.627. The fourth-order valence-corrected chi connectivity index (χ4v) is 1.63. The van der Waals surface area contributed by atoms with Crippen LogP contribution in [0.15, 0.2) is 24.3 Å². The normalized spacial score (nSPS) is 12.9. The van der Waals surface area contributed by atoms with Crippen LogP contribution in [-0.2, 0) is 0 Å². The Hall–Kier alpha value is -0.520. The van der Waals surface area contributed by atoms with Gasteiger partial charge in [0.15, 0.2) is 0 Å². The zero-order valence-corrected chi connectivity index (χ0v) is 10.4. The second-order valence-corrected chi connectivity index (χ2v) is 4.68. The molecular weight excluding hydrogens is 168 g/mol. The average molecular weight is 194 g/mol. The van der Waals surface area contributed by atoms with E-state index in [0.29, 0.717) is 11.8 Å². The van der Waals surface area contributed by atoms with Crippen LogP contribution in [0.4, 0.5) is 0 Å². The van der Waals surface area contributed by atoms with Gasteiger partial charge in [-0.25, -0.2) is 0 Å². The van der Waals surface area contributed by atoms with Gasteiger partial charge in [-0.3, -0.25) is 0 Å². The predicted molar refractivity (Wildman–Crippen MR) is 66.4 cm³/mol. The van der Waals surface area contributed by atoms with Gasteiger partial charge in [0.2, 0.25) is 0 Å². The molecule has 0 aliphatic carbocycles. The molecule has 0 saturated carbocycles. The summed E-state index contributed by atoms with van der Waals surface area (Å²) < 4.78 is 0. The maximum absolute atomic E-state index is 4.12. The summed E-state index contributed by atoms with van der Waals surface area (Å²) in [5.41, 5.74) is 2.72. The highest BCUT2D eigenvalue weighted by molar-refractivity contribution is 5.02. The van der Waals surface area contributed by atoms with Gasteiger partial charge in [0.25, 0.3) is 0 Å². The van der Waals surface area contributed by atoms with E-state index >= 15 is 0 Å². The molecule has 0 spiro atoms. The first-order valence-corrected chi connectivity index (χ1v) is 5.82. The van der Waals surface area contributed by atoms with Gasteiger partial charge in [0, 0.05) is 0 Å². The number of hydrogen-bond acceptors (Lipinski definition) is 0. The van der Waals surface area contributed by atoms with E-state index in [0.717, 1.165) is 6.42 Å². The predicted octanol–water partition coefficient (Wildman–Crippen LogP) is 4.97. The summed E-state index contributed by atoms with van der Waals surface area (Å²) in [5.74, 6) is 1.33. The molecule has 0 aromatic carbocycles. The van der Waals surface area contributed by atoms with Crippen molar-refractivity contribution in [3.05, 3.63) is 24.3 Å². The van der Waals surface area contributed by atoms with Crippen molar-refractivity contribution in [3.8, 4) is 0 Å². The molecule has 82 valence electrons. The van der Waals surface area contributed by atoms with Crippen molar-refractivity contribution in [1.82, 2.24) is 0 Å². The van der Waals surface area contributed by atoms with Crippen LogP contribution in [0.5, 0.6) is 0 Å². The van der Waals surface area contributed by atoms with Crippen LogP contribution in [0.3, 0.4) is 0 Å². The van der Waals surface area contributed by atoms with Gasteiger partial charge >= 0.3 is 0 Å². The van der Waals surface area contributed by atoms with Crippen LogP contribution in [0.25, 0.3) is 0 Å². The smallest absolute Gasteiger partial charge is 0.0206 e. The van der Waals surface area contributed by atoms with E-state index in [1.165, 1.54) is 30.4 Å². The number of rotatable bonds is 7. The molecule has 0 saturated heterocycles. The summed E-state index contributed by atoms with van der Waals surface area (Å²) in [4.78, 5) is 0. The van der Waals surface area contributed by atoms with Crippen molar-refractivity contribution in [1.29, 1.82) is 0 Å². The Balaban J connectivity index is 3.93. The molecule has 0 rings (SSSR count). The third-order valence-electron chi connectivity index (χ3n) is 2.96. The minimum Gasteiger partial charge on any atom is -0.0999 e. The van der Waals surface area contributed by atoms with Crippen molar-refractivity contribution in [3.63, 3.8) is 0 Å². The van der Waals surface area contributed by atoms with Crippen LogP contribution in [0.1, 0.15) is 53.4 Å². The molecule has 0 heterocycles. The second-order valence-electron chi connectivity index (χ2n) is 4.68. The summed E-state index contributed by atoms with van der Waals surface area (Å²) in [5, 5.41) is 0. The van der Waals surface area contributed by atoms with E-state index in [2.05, 4.69) is 40.9 Å². The first-order chi connectivity index (χ1) is 6.49. The highest BCUT2D eigenvalue weighted by Gasteiger charge is 2.09. The van der Waals surface area contributed by atoms with Crippen LogP contribution in [0, 0.1) is 11.8 Å². The molecule has 0 unspecified atom stereocenters. The summed E-state index contributed by atoms with van der Waals surface area (Å²) in [6, 6.07) is 0. The largest absolute Gasteiger partial charge is 0.0999 e. The minimum absolute atomic E-state index is 0.627. The number of allylic oxidation sites excluding steroid dienone is 2. The monoisotopic (exact) mass is 194 g/mol. The highest BCUT2D eigenvalue weighted by Crippen LogP contribution is 2.24. The molecule has 0 amide bonds. The van der Waals surface area contributed by atoms with Crippen LogP contribution in [-0.4, -0.2) is 0 Å². The summed E-state index contributed by atoms with van der Waals surface area (Å²) in [6.45, 7) is 17.0. The lowest BCUT2D eigenvalue weighted by Crippen LogP contribution is -2.03. The van der Waals surface area contributed by atoms with Gasteiger partial charge in [-0.15, -0.1) is 0 Å². The van der Waals surface area contributed by atoms with Gasteiger partial charge in [-0.05, 0) is 38.0 Å². The average Bonchev–Trinajstić information content (AvgIpc) is 2.10. The Morgan fingerprint density at radius 2 is 1.71 bits per heavy atom. The lowest BCUT2D eigenvalue weighted by atomic mass is 9.88. The van der Waals surface area contributed by atoms with Crippen molar-refractivity contribution < 1.29 is 0 Å². The molecule has 0 N–H and O–H groups in total. The maximum atomic E-state index is 4.12. The standard InChI is InChI=1S/C14H26/c1-7-8-14(12(4)5)10-9-13(6)11(2)3/h11,14H,4,6-10H2,1-3,5H3/t14-/m1/s1. The zero-order chi connectivity index (χ0) is 11.1. The molecule has 0 fully saturated rings.